The molecule has 0 spiro atoms. The summed E-state index contributed by atoms with van der Waals surface area (Å²) in [5.41, 5.74) is 1.32. The smallest absolute Gasteiger partial charge is 0.336 e. The molecule has 1 aromatic heterocycles. The van der Waals surface area contributed by atoms with Crippen molar-refractivity contribution in [1.82, 2.24) is 10.3 Å². The van der Waals surface area contributed by atoms with Gasteiger partial charge in [-0.3, -0.25) is 4.79 Å². The van der Waals surface area contributed by atoms with Gasteiger partial charge in [0.05, 0.1) is 13.7 Å². The molecule has 7 nitrogen and oxygen atoms in total. The minimum absolute atomic E-state index is 0.233. The molecule has 21 heavy (non-hydrogen) atoms. The van der Waals surface area contributed by atoms with Crippen molar-refractivity contribution in [3.8, 4) is 0 Å². The molecule has 2 rings (SSSR count). The molecule has 1 atom stereocenters. The summed E-state index contributed by atoms with van der Waals surface area (Å²) >= 11 is 0. The predicted molar refractivity (Wildman–Crippen MR) is 74.1 cm³/mol. The Balaban J connectivity index is 1.91. The molecule has 0 aliphatic heterocycles. The van der Waals surface area contributed by atoms with E-state index >= 15 is 0 Å². The molecule has 110 valence electrons. The molecule has 1 heterocycles. The average Bonchev–Trinajstić information content (AvgIpc) is 2.92. The van der Waals surface area contributed by atoms with E-state index in [0.29, 0.717) is 17.0 Å². The normalized spacial score (nSPS) is 12.5. The van der Waals surface area contributed by atoms with Crippen LogP contribution in [0.3, 0.4) is 0 Å². The van der Waals surface area contributed by atoms with Crippen molar-refractivity contribution in [2.45, 2.75) is 6.10 Å². The van der Waals surface area contributed by atoms with Crippen molar-refractivity contribution in [2.24, 2.45) is 0 Å². The van der Waals surface area contributed by atoms with Crippen LogP contribution in [0.2, 0.25) is 0 Å². The van der Waals surface area contributed by atoms with Gasteiger partial charge < -0.3 is 19.6 Å². The number of ether oxygens (including phenoxy) is 1. The van der Waals surface area contributed by atoms with Crippen molar-refractivity contribution < 1.29 is 23.8 Å². The quantitative estimate of drug-likeness (QED) is 0.614. The number of carbonyl (C=O) groups excluding carboxylic acids is 2. The number of hydrogen-bond acceptors (Lipinski definition) is 6. The fourth-order valence-electron chi connectivity index (χ4n) is 1.58. The minimum atomic E-state index is -1.39. The third-order valence-electron chi connectivity index (χ3n) is 2.63. The Bertz CT molecular complexity index is 644. The summed E-state index contributed by atoms with van der Waals surface area (Å²) in [5, 5.41) is 11.7. The highest BCUT2D eigenvalue weighted by Gasteiger charge is 2.15. The second-order valence-corrected chi connectivity index (χ2v) is 4.14. The van der Waals surface area contributed by atoms with E-state index in [1.807, 2.05) is 12.1 Å². The van der Waals surface area contributed by atoms with E-state index in [4.69, 9.17) is 4.42 Å². The summed E-state index contributed by atoms with van der Waals surface area (Å²) in [6.07, 6.45) is 1.21. The van der Waals surface area contributed by atoms with Gasteiger partial charge in [-0.15, -0.1) is 0 Å². The van der Waals surface area contributed by atoms with E-state index in [1.165, 1.54) is 12.2 Å². The molecular weight excluding hydrogens is 276 g/mol. The summed E-state index contributed by atoms with van der Waals surface area (Å²) in [7, 11) is 1.15. The Labute approximate surface area is 120 Å². The van der Waals surface area contributed by atoms with Crippen LogP contribution >= 0.6 is 0 Å². The van der Waals surface area contributed by atoms with Crippen molar-refractivity contribution in [1.29, 1.82) is 0 Å². The number of fused-ring (bicyclic) bond motifs is 1. The van der Waals surface area contributed by atoms with Crippen molar-refractivity contribution in [2.75, 3.05) is 13.7 Å². The highest BCUT2D eigenvalue weighted by molar-refractivity contribution is 5.91. The van der Waals surface area contributed by atoms with E-state index in [0.717, 1.165) is 7.11 Å². The molecule has 7 heteroatoms. The molecule has 0 aliphatic rings. The predicted octanol–water partition coefficient (Wildman–Crippen LogP) is 0.491. The van der Waals surface area contributed by atoms with Gasteiger partial charge in [0.25, 0.3) is 0 Å². The van der Waals surface area contributed by atoms with Crippen LogP contribution in [0.25, 0.3) is 17.2 Å². The molecule has 1 unspecified atom stereocenters. The van der Waals surface area contributed by atoms with Gasteiger partial charge in [-0.2, -0.15) is 0 Å². The fraction of sp³-hybridized carbons (Fsp3) is 0.214. The van der Waals surface area contributed by atoms with E-state index in [2.05, 4.69) is 15.0 Å². The van der Waals surface area contributed by atoms with Crippen molar-refractivity contribution in [3.05, 3.63) is 36.2 Å². The van der Waals surface area contributed by atoms with Crippen LogP contribution in [0.15, 0.2) is 34.8 Å². The Morgan fingerprint density at radius 2 is 2.24 bits per heavy atom. The summed E-state index contributed by atoms with van der Waals surface area (Å²) in [6.45, 7) is -0.233. The van der Waals surface area contributed by atoms with Crippen molar-refractivity contribution >= 4 is 29.1 Å². The lowest BCUT2D eigenvalue weighted by molar-refractivity contribution is -0.150. The van der Waals surface area contributed by atoms with Crippen LogP contribution < -0.4 is 5.32 Å². The molecule has 2 aromatic rings. The number of esters is 1. The molecule has 1 amide bonds. The molecule has 1 aromatic carbocycles. The number of benzene rings is 1. The zero-order valence-electron chi connectivity index (χ0n) is 11.3. The number of aliphatic hydroxyl groups excluding tert-OH is 1. The van der Waals surface area contributed by atoms with Crippen LogP contribution in [0.1, 0.15) is 5.89 Å². The summed E-state index contributed by atoms with van der Waals surface area (Å²) < 4.78 is 9.72. The van der Waals surface area contributed by atoms with Gasteiger partial charge >= 0.3 is 5.97 Å². The lowest BCUT2D eigenvalue weighted by Crippen LogP contribution is -2.36. The van der Waals surface area contributed by atoms with Gasteiger partial charge in [-0.1, -0.05) is 12.1 Å². The maximum Gasteiger partial charge on any atom is 0.336 e. The number of nitrogens with zero attached hydrogens (tertiary/aromatic N) is 1. The summed E-state index contributed by atoms with van der Waals surface area (Å²) in [6, 6.07) is 7.22. The Hall–Kier alpha value is -2.67. The highest BCUT2D eigenvalue weighted by Crippen LogP contribution is 2.15. The number of rotatable bonds is 5. The Morgan fingerprint density at radius 1 is 1.48 bits per heavy atom. The fourth-order valence-corrected chi connectivity index (χ4v) is 1.58. The van der Waals surface area contributed by atoms with Crippen LogP contribution in [-0.4, -0.2) is 41.7 Å². The van der Waals surface area contributed by atoms with Gasteiger partial charge in [0, 0.05) is 12.2 Å². The van der Waals surface area contributed by atoms with Crippen LogP contribution in [-0.2, 0) is 14.3 Å². The second-order valence-electron chi connectivity index (χ2n) is 4.14. The standard InChI is InChI=1S/C14H14N2O5/c1-20-14(19)10(17)8-15-12(18)6-7-13-16-9-4-2-3-5-11(9)21-13/h2-7,10,17H,8H2,1H3,(H,15,18)/b7-6+. The number of aliphatic hydroxyl groups is 1. The lowest BCUT2D eigenvalue weighted by atomic mass is 10.3. The SMILES string of the molecule is COC(=O)C(O)CNC(=O)/C=C/c1nc2ccccc2o1. The topological polar surface area (TPSA) is 102 Å². The number of nitrogens with one attached hydrogen (secondary N) is 1. The highest BCUT2D eigenvalue weighted by atomic mass is 16.5. The summed E-state index contributed by atoms with van der Waals surface area (Å²) in [5.74, 6) is -1.00. The third-order valence-corrected chi connectivity index (χ3v) is 2.63. The molecule has 0 aliphatic carbocycles. The summed E-state index contributed by atoms with van der Waals surface area (Å²) in [4.78, 5) is 26.6. The first-order chi connectivity index (χ1) is 10.1. The first-order valence-corrected chi connectivity index (χ1v) is 6.17. The lowest BCUT2D eigenvalue weighted by Gasteiger charge is -2.07. The van der Waals surface area contributed by atoms with Gasteiger partial charge in [0.2, 0.25) is 11.8 Å². The number of amides is 1. The number of hydrogen-bond donors (Lipinski definition) is 2. The molecule has 0 saturated carbocycles. The third kappa shape index (κ3) is 3.90. The van der Waals surface area contributed by atoms with Crippen LogP contribution in [0.5, 0.6) is 0 Å². The molecular formula is C14H14N2O5. The van der Waals surface area contributed by atoms with Gasteiger partial charge in [0.15, 0.2) is 11.7 Å². The average molecular weight is 290 g/mol. The second kappa shape index (κ2) is 6.67. The van der Waals surface area contributed by atoms with E-state index in [-0.39, 0.29) is 6.54 Å². The Kier molecular flexibility index (Phi) is 4.68. The zero-order valence-corrected chi connectivity index (χ0v) is 11.3. The van der Waals surface area contributed by atoms with E-state index in [9.17, 15) is 14.7 Å². The van der Waals surface area contributed by atoms with Crippen LogP contribution in [0, 0.1) is 0 Å². The number of methoxy groups -OCH3 is 1. The first-order valence-electron chi connectivity index (χ1n) is 6.17. The minimum Gasteiger partial charge on any atom is -0.467 e. The molecule has 0 bridgehead atoms. The molecule has 2 N–H and O–H groups in total. The van der Waals surface area contributed by atoms with E-state index in [1.54, 1.807) is 12.1 Å². The van der Waals surface area contributed by atoms with Gasteiger partial charge in [0.1, 0.15) is 5.52 Å². The van der Waals surface area contributed by atoms with Gasteiger partial charge in [-0.25, -0.2) is 9.78 Å². The molecule has 0 radical (unpaired) electrons. The monoisotopic (exact) mass is 290 g/mol. The largest absolute Gasteiger partial charge is 0.467 e. The zero-order chi connectivity index (χ0) is 15.2. The maximum atomic E-state index is 11.5. The first kappa shape index (κ1) is 14.7. The number of aromatic nitrogens is 1. The Morgan fingerprint density at radius 3 is 2.95 bits per heavy atom. The number of carbonyl (C=O) groups is 2. The van der Waals surface area contributed by atoms with Crippen molar-refractivity contribution in [3.63, 3.8) is 0 Å². The maximum absolute atomic E-state index is 11.5. The molecule has 0 saturated heterocycles. The van der Waals surface area contributed by atoms with Gasteiger partial charge in [-0.05, 0) is 12.1 Å². The molecule has 0 fully saturated rings. The number of oxazole rings is 1. The van der Waals surface area contributed by atoms with Crippen LogP contribution in [0.4, 0.5) is 0 Å². The number of para-hydroxylation sites is 2. The van der Waals surface area contributed by atoms with E-state index < -0.39 is 18.0 Å².